The van der Waals surface area contributed by atoms with Gasteiger partial charge in [0.2, 0.25) is 0 Å². The molecule has 12 atom stereocenters. The van der Waals surface area contributed by atoms with Crippen LogP contribution in [-0.2, 0) is 9.47 Å². The van der Waals surface area contributed by atoms with Gasteiger partial charge in [-0.05, 0) is 92.8 Å². The van der Waals surface area contributed by atoms with Crippen LogP contribution in [0.5, 0.6) is 0 Å². The molecular formula is C27H44O4. The molecule has 6 fully saturated rings. The molecule has 1 spiro atoms. The van der Waals surface area contributed by atoms with Gasteiger partial charge in [-0.1, -0.05) is 27.7 Å². The average Bonchev–Trinajstić information content (AvgIpc) is 3.09. The molecule has 2 heterocycles. The fourth-order valence-electron chi connectivity index (χ4n) is 10.2. The zero-order valence-electron chi connectivity index (χ0n) is 20.1. The number of fused-ring (bicyclic) bond motifs is 7. The molecule has 6 rings (SSSR count). The van der Waals surface area contributed by atoms with Gasteiger partial charge in [-0.2, -0.15) is 0 Å². The van der Waals surface area contributed by atoms with Crippen molar-refractivity contribution in [2.45, 2.75) is 115 Å². The Morgan fingerprint density at radius 1 is 0.871 bits per heavy atom. The van der Waals surface area contributed by atoms with Crippen molar-refractivity contribution in [3.8, 4) is 0 Å². The smallest absolute Gasteiger partial charge is 0.174 e. The normalized spacial score (nSPS) is 63.3. The van der Waals surface area contributed by atoms with E-state index >= 15 is 0 Å². The highest BCUT2D eigenvalue weighted by molar-refractivity contribution is 5.23. The third kappa shape index (κ3) is 2.57. The summed E-state index contributed by atoms with van der Waals surface area (Å²) in [6.07, 6.45) is 10.9. The zero-order valence-corrected chi connectivity index (χ0v) is 20.1. The molecule has 0 bridgehead atoms. The van der Waals surface area contributed by atoms with E-state index in [1.165, 1.54) is 25.7 Å². The molecule has 0 aromatic heterocycles. The molecule has 2 unspecified atom stereocenters. The zero-order chi connectivity index (χ0) is 21.8. The Labute approximate surface area is 188 Å². The highest BCUT2D eigenvalue weighted by Crippen LogP contribution is 2.72. The van der Waals surface area contributed by atoms with Crippen molar-refractivity contribution in [2.75, 3.05) is 6.61 Å². The minimum absolute atomic E-state index is 0.0285. The monoisotopic (exact) mass is 432 g/mol. The second-order valence-corrected chi connectivity index (χ2v) is 13.2. The first-order valence-electron chi connectivity index (χ1n) is 13.4. The number of rotatable bonds is 0. The minimum atomic E-state index is -0.774. The molecule has 31 heavy (non-hydrogen) atoms. The van der Waals surface area contributed by atoms with Crippen molar-refractivity contribution in [3.05, 3.63) is 0 Å². The van der Waals surface area contributed by atoms with E-state index in [1.54, 1.807) is 0 Å². The first kappa shape index (κ1) is 21.4. The van der Waals surface area contributed by atoms with E-state index in [2.05, 4.69) is 27.7 Å². The van der Waals surface area contributed by atoms with Gasteiger partial charge in [0.1, 0.15) is 5.60 Å². The Bertz CT molecular complexity index is 731. The molecule has 0 radical (unpaired) electrons. The summed E-state index contributed by atoms with van der Waals surface area (Å²) in [5.41, 5.74) is -0.477. The van der Waals surface area contributed by atoms with Crippen LogP contribution >= 0.6 is 0 Å². The second kappa shape index (κ2) is 6.71. The lowest BCUT2D eigenvalue weighted by Gasteiger charge is -2.62. The number of ether oxygens (including phenoxy) is 2. The van der Waals surface area contributed by atoms with Gasteiger partial charge in [0, 0.05) is 17.8 Å². The number of aliphatic hydroxyl groups excluding tert-OH is 1. The molecule has 4 saturated carbocycles. The fourth-order valence-corrected chi connectivity index (χ4v) is 10.2. The lowest BCUT2D eigenvalue weighted by molar-refractivity contribution is -0.275. The first-order valence-corrected chi connectivity index (χ1v) is 13.4. The van der Waals surface area contributed by atoms with E-state index in [4.69, 9.17) is 9.47 Å². The van der Waals surface area contributed by atoms with Gasteiger partial charge in [0.25, 0.3) is 0 Å². The van der Waals surface area contributed by atoms with E-state index < -0.39 is 11.4 Å². The maximum atomic E-state index is 12.4. The van der Waals surface area contributed by atoms with Crippen LogP contribution in [0.15, 0.2) is 0 Å². The Kier molecular flexibility index (Phi) is 4.62. The number of hydrogen-bond donors (Lipinski definition) is 2. The summed E-state index contributed by atoms with van der Waals surface area (Å²) in [5.74, 6) is 2.72. The summed E-state index contributed by atoms with van der Waals surface area (Å²) in [6.45, 7) is 10.2. The van der Waals surface area contributed by atoms with Gasteiger partial charge < -0.3 is 19.7 Å². The maximum Gasteiger partial charge on any atom is 0.174 e. The Morgan fingerprint density at radius 3 is 2.42 bits per heavy atom. The minimum Gasteiger partial charge on any atom is -0.393 e. The van der Waals surface area contributed by atoms with Gasteiger partial charge in [-0.3, -0.25) is 0 Å². The molecule has 0 aromatic carbocycles. The van der Waals surface area contributed by atoms with E-state index in [0.29, 0.717) is 29.1 Å². The van der Waals surface area contributed by atoms with Crippen LogP contribution < -0.4 is 0 Å². The van der Waals surface area contributed by atoms with Crippen LogP contribution in [0.2, 0.25) is 0 Å². The second-order valence-electron chi connectivity index (χ2n) is 13.2. The van der Waals surface area contributed by atoms with Crippen LogP contribution in [0.3, 0.4) is 0 Å². The topological polar surface area (TPSA) is 58.9 Å². The molecule has 2 N–H and O–H groups in total. The predicted octanol–water partition coefficient (Wildman–Crippen LogP) is 4.91. The lowest BCUT2D eigenvalue weighted by atomic mass is 9.44. The summed E-state index contributed by atoms with van der Waals surface area (Å²) in [7, 11) is 0. The molecule has 4 heteroatoms. The van der Waals surface area contributed by atoms with E-state index in [-0.39, 0.29) is 23.5 Å². The Morgan fingerprint density at radius 2 is 1.68 bits per heavy atom. The van der Waals surface area contributed by atoms with Crippen LogP contribution in [0.1, 0.15) is 91.9 Å². The van der Waals surface area contributed by atoms with Crippen LogP contribution in [-0.4, -0.2) is 40.4 Å². The number of hydrogen-bond acceptors (Lipinski definition) is 4. The van der Waals surface area contributed by atoms with E-state index in [1.807, 2.05) is 0 Å². The van der Waals surface area contributed by atoms with Crippen LogP contribution in [0, 0.1) is 46.3 Å². The summed E-state index contributed by atoms with van der Waals surface area (Å²) in [5, 5.41) is 22.7. The van der Waals surface area contributed by atoms with Crippen molar-refractivity contribution in [1.82, 2.24) is 0 Å². The summed E-state index contributed by atoms with van der Waals surface area (Å²) in [4.78, 5) is 0. The summed E-state index contributed by atoms with van der Waals surface area (Å²) < 4.78 is 13.1. The quantitative estimate of drug-likeness (QED) is 0.571. The third-order valence-corrected chi connectivity index (χ3v) is 12.2. The molecular weight excluding hydrogens is 388 g/mol. The largest absolute Gasteiger partial charge is 0.393 e. The van der Waals surface area contributed by atoms with Crippen molar-refractivity contribution in [1.29, 1.82) is 0 Å². The average molecular weight is 433 g/mol. The third-order valence-electron chi connectivity index (χ3n) is 12.2. The van der Waals surface area contributed by atoms with Crippen molar-refractivity contribution >= 4 is 0 Å². The summed E-state index contributed by atoms with van der Waals surface area (Å²) in [6, 6.07) is 0. The Hall–Kier alpha value is -0.160. The van der Waals surface area contributed by atoms with Gasteiger partial charge in [-0.15, -0.1) is 0 Å². The summed E-state index contributed by atoms with van der Waals surface area (Å²) >= 11 is 0. The van der Waals surface area contributed by atoms with Crippen molar-refractivity contribution < 1.29 is 19.7 Å². The Balaban J connectivity index is 1.30. The lowest BCUT2D eigenvalue weighted by Crippen LogP contribution is -2.60. The molecule has 0 aromatic rings. The van der Waals surface area contributed by atoms with Gasteiger partial charge in [-0.25, -0.2) is 0 Å². The SMILES string of the molecule is CC1CC[C@@]2(OC1)O[C@H]1C[C@H]3[C@@H]4CCC5C[C@@H](O)CC[C@]5(C)[C@H]4CC[C@]3(C)[C@@]1(O)[C@@H]2C. The number of aliphatic hydroxyl groups is 2. The highest BCUT2D eigenvalue weighted by atomic mass is 16.7. The van der Waals surface area contributed by atoms with Crippen LogP contribution in [0.25, 0.3) is 0 Å². The van der Waals surface area contributed by atoms with Crippen molar-refractivity contribution in [3.63, 3.8) is 0 Å². The first-order chi connectivity index (χ1) is 14.6. The maximum absolute atomic E-state index is 12.4. The molecule has 2 saturated heterocycles. The molecule has 4 nitrogen and oxygen atoms in total. The predicted molar refractivity (Wildman–Crippen MR) is 119 cm³/mol. The van der Waals surface area contributed by atoms with Crippen LogP contribution in [0.4, 0.5) is 0 Å². The van der Waals surface area contributed by atoms with Crippen molar-refractivity contribution in [2.24, 2.45) is 46.3 Å². The standard InChI is InChI=1S/C27H44O4/c1-16-7-12-26(30-15-16)17(2)27(29)23(31-26)14-22-20-6-5-18-13-19(28)8-10-24(18,3)21(20)9-11-25(22,27)4/h16-23,28-29H,5-15H2,1-4H3/t16?,17-,18?,19+,20-,21+,22+,23+,24+,25+,26-,27-/m1/s1. The molecule has 176 valence electrons. The molecule has 4 aliphatic carbocycles. The fraction of sp³-hybridized carbons (Fsp3) is 1.00. The van der Waals surface area contributed by atoms with Gasteiger partial charge in [0.15, 0.2) is 5.79 Å². The van der Waals surface area contributed by atoms with E-state index in [0.717, 1.165) is 51.0 Å². The molecule has 0 amide bonds. The highest BCUT2D eigenvalue weighted by Gasteiger charge is 2.76. The van der Waals surface area contributed by atoms with Gasteiger partial charge in [0.05, 0.1) is 18.8 Å². The van der Waals surface area contributed by atoms with E-state index in [9.17, 15) is 10.2 Å². The van der Waals surface area contributed by atoms with Gasteiger partial charge >= 0.3 is 0 Å². The molecule has 2 aliphatic heterocycles. The molecule has 6 aliphatic rings.